The Morgan fingerprint density at radius 1 is 0.957 bits per heavy atom. The second-order valence-electron chi connectivity index (χ2n) is 5.57. The zero-order valence-electron chi connectivity index (χ0n) is 12.9. The number of rotatable bonds is 6. The Morgan fingerprint density at radius 3 is 1.96 bits per heavy atom. The zero-order chi connectivity index (χ0) is 17.0. The number of benzene rings is 2. The van der Waals surface area contributed by atoms with Gasteiger partial charge in [0.2, 0.25) is 10.0 Å². The molecule has 0 spiro atoms. The summed E-state index contributed by atoms with van der Waals surface area (Å²) >= 11 is 0. The quantitative estimate of drug-likeness (QED) is 0.851. The molecule has 0 aliphatic carbocycles. The highest BCUT2D eigenvalue weighted by Gasteiger charge is 2.27. The third kappa shape index (κ3) is 4.18. The molecule has 2 aromatic carbocycles. The third-order valence-corrected chi connectivity index (χ3v) is 4.94. The normalized spacial score (nSPS) is 13.0. The molecule has 0 aliphatic heterocycles. The van der Waals surface area contributed by atoms with Crippen molar-refractivity contribution < 1.29 is 18.3 Å². The van der Waals surface area contributed by atoms with Crippen molar-refractivity contribution in [3.63, 3.8) is 0 Å². The molecule has 23 heavy (non-hydrogen) atoms. The van der Waals surface area contributed by atoms with Gasteiger partial charge in [-0.1, -0.05) is 56.3 Å². The van der Waals surface area contributed by atoms with E-state index in [0.717, 1.165) is 11.1 Å². The molecular weight excluding hydrogens is 314 g/mol. The van der Waals surface area contributed by atoms with Crippen molar-refractivity contribution in [2.45, 2.75) is 24.8 Å². The molecule has 6 heteroatoms. The van der Waals surface area contributed by atoms with Crippen LogP contribution in [-0.2, 0) is 14.8 Å². The third-order valence-electron chi connectivity index (χ3n) is 3.49. The summed E-state index contributed by atoms with van der Waals surface area (Å²) in [6.45, 7) is 3.31. The van der Waals surface area contributed by atoms with Crippen molar-refractivity contribution in [1.82, 2.24) is 4.72 Å². The molecule has 0 fully saturated rings. The molecular formula is C17H19NO4S. The Kier molecular flexibility index (Phi) is 5.18. The van der Waals surface area contributed by atoms with Gasteiger partial charge in [-0.2, -0.15) is 4.72 Å². The van der Waals surface area contributed by atoms with E-state index in [0.29, 0.717) is 0 Å². The van der Waals surface area contributed by atoms with Crippen LogP contribution in [0.15, 0.2) is 59.5 Å². The maximum atomic E-state index is 12.3. The van der Waals surface area contributed by atoms with Gasteiger partial charge in [-0.15, -0.1) is 0 Å². The summed E-state index contributed by atoms with van der Waals surface area (Å²) in [6.07, 6.45) is 0. The Bertz CT molecular complexity index is 768. The van der Waals surface area contributed by atoms with Crippen molar-refractivity contribution in [3.05, 3.63) is 54.6 Å². The van der Waals surface area contributed by atoms with Gasteiger partial charge in [0.15, 0.2) is 0 Å². The Morgan fingerprint density at radius 2 is 1.48 bits per heavy atom. The first-order valence-corrected chi connectivity index (χ1v) is 8.70. The van der Waals surface area contributed by atoms with E-state index in [1.807, 2.05) is 30.3 Å². The van der Waals surface area contributed by atoms with E-state index in [2.05, 4.69) is 4.72 Å². The van der Waals surface area contributed by atoms with E-state index in [9.17, 15) is 13.2 Å². The number of aliphatic carboxylic acids is 1. The van der Waals surface area contributed by atoms with Crippen molar-refractivity contribution in [2.24, 2.45) is 5.92 Å². The summed E-state index contributed by atoms with van der Waals surface area (Å²) in [4.78, 5) is 11.2. The summed E-state index contributed by atoms with van der Waals surface area (Å²) in [7, 11) is -3.88. The van der Waals surface area contributed by atoms with Crippen LogP contribution in [0.5, 0.6) is 0 Å². The fourth-order valence-electron chi connectivity index (χ4n) is 2.16. The molecule has 0 aliphatic rings. The van der Waals surface area contributed by atoms with E-state index >= 15 is 0 Å². The van der Waals surface area contributed by atoms with Crippen molar-refractivity contribution >= 4 is 16.0 Å². The van der Waals surface area contributed by atoms with Crippen LogP contribution in [0.3, 0.4) is 0 Å². The summed E-state index contributed by atoms with van der Waals surface area (Å²) < 4.78 is 26.9. The molecule has 5 nitrogen and oxygen atoms in total. The average molecular weight is 333 g/mol. The van der Waals surface area contributed by atoms with E-state index < -0.39 is 22.0 Å². The highest BCUT2D eigenvalue weighted by atomic mass is 32.2. The first-order valence-electron chi connectivity index (χ1n) is 7.22. The zero-order valence-corrected chi connectivity index (χ0v) is 13.7. The molecule has 2 rings (SSSR count). The largest absolute Gasteiger partial charge is 0.480 e. The van der Waals surface area contributed by atoms with Gasteiger partial charge in [0, 0.05) is 0 Å². The monoisotopic (exact) mass is 333 g/mol. The minimum absolute atomic E-state index is 0.0454. The maximum Gasteiger partial charge on any atom is 0.322 e. The van der Waals surface area contributed by atoms with Crippen LogP contribution in [-0.4, -0.2) is 25.5 Å². The predicted molar refractivity (Wildman–Crippen MR) is 88.5 cm³/mol. The number of carboxylic acids is 1. The van der Waals surface area contributed by atoms with Crippen LogP contribution in [0, 0.1) is 5.92 Å². The Hall–Kier alpha value is -2.18. The van der Waals surface area contributed by atoms with Crippen molar-refractivity contribution in [2.75, 3.05) is 0 Å². The maximum absolute atomic E-state index is 12.3. The SMILES string of the molecule is CC(C)C(NS(=O)(=O)c1ccc(-c2ccccc2)cc1)C(=O)O. The van der Waals surface area contributed by atoms with Gasteiger partial charge < -0.3 is 5.11 Å². The second-order valence-corrected chi connectivity index (χ2v) is 7.29. The molecule has 2 aromatic rings. The predicted octanol–water partition coefficient (Wildman–Crippen LogP) is 2.74. The molecule has 2 N–H and O–H groups in total. The molecule has 122 valence electrons. The summed E-state index contributed by atoms with van der Waals surface area (Å²) in [6, 6.07) is 14.8. The van der Waals surface area contributed by atoms with E-state index in [1.54, 1.807) is 26.0 Å². The molecule has 0 radical (unpaired) electrons. The summed E-state index contributed by atoms with van der Waals surface area (Å²) in [5.74, 6) is -1.55. The first-order chi connectivity index (χ1) is 10.8. The van der Waals surface area contributed by atoms with Gasteiger partial charge >= 0.3 is 5.97 Å². The molecule has 0 amide bonds. The minimum atomic E-state index is -3.88. The first kappa shape index (κ1) is 17.2. The van der Waals surface area contributed by atoms with Gasteiger partial charge in [-0.3, -0.25) is 4.79 Å². The lowest BCUT2D eigenvalue weighted by Gasteiger charge is -2.18. The smallest absolute Gasteiger partial charge is 0.322 e. The fourth-order valence-corrected chi connectivity index (χ4v) is 3.50. The number of carboxylic acid groups (broad SMARTS) is 1. The van der Waals surface area contributed by atoms with Crippen molar-refractivity contribution in [1.29, 1.82) is 0 Å². The molecule has 0 heterocycles. The van der Waals surface area contributed by atoms with Crippen LogP contribution < -0.4 is 4.72 Å². The van der Waals surface area contributed by atoms with E-state index in [-0.39, 0.29) is 10.8 Å². The Labute approximate surface area is 136 Å². The molecule has 0 aromatic heterocycles. The van der Waals surface area contributed by atoms with Crippen LogP contribution >= 0.6 is 0 Å². The van der Waals surface area contributed by atoms with Crippen LogP contribution in [0.2, 0.25) is 0 Å². The number of sulfonamides is 1. The highest BCUT2D eigenvalue weighted by molar-refractivity contribution is 7.89. The second kappa shape index (κ2) is 6.93. The fraction of sp³-hybridized carbons (Fsp3) is 0.235. The van der Waals surface area contributed by atoms with E-state index in [1.165, 1.54) is 12.1 Å². The van der Waals surface area contributed by atoms with Crippen LogP contribution in [0.4, 0.5) is 0 Å². The number of hydrogen-bond acceptors (Lipinski definition) is 3. The van der Waals surface area contributed by atoms with Gasteiger partial charge in [-0.05, 0) is 29.2 Å². The molecule has 0 bridgehead atoms. The highest BCUT2D eigenvalue weighted by Crippen LogP contribution is 2.21. The van der Waals surface area contributed by atoms with Crippen molar-refractivity contribution in [3.8, 4) is 11.1 Å². The van der Waals surface area contributed by atoms with Crippen LogP contribution in [0.25, 0.3) is 11.1 Å². The average Bonchev–Trinajstić information content (AvgIpc) is 2.53. The number of nitrogens with one attached hydrogen (secondary N) is 1. The molecule has 0 saturated carbocycles. The van der Waals surface area contributed by atoms with Gasteiger partial charge in [0.25, 0.3) is 0 Å². The topological polar surface area (TPSA) is 83.5 Å². The van der Waals surface area contributed by atoms with E-state index in [4.69, 9.17) is 5.11 Å². The Balaban J connectivity index is 2.26. The summed E-state index contributed by atoms with van der Waals surface area (Å²) in [5, 5.41) is 9.12. The number of hydrogen-bond donors (Lipinski definition) is 2. The molecule has 0 saturated heterocycles. The van der Waals surface area contributed by atoms with Crippen LogP contribution in [0.1, 0.15) is 13.8 Å². The molecule has 1 atom stereocenters. The lowest BCUT2D eigenvalue weighted by molar-refractivity contribution is -0.140. The van der Waals surface area contributed by atoms with Gasteiger partial charge in [0.1, 0.15) is 6.04 Å². The van der Waals surface area contributed by atoms with Gasteiger partial charge in [0.05, 0.1) is 4.90 Å². The minimum Gasteiger partial charge on any atom is -0.480 e. The standard InChI is InChI=1S/C17H19NO4S/c1-12(2)16(17(19)20)18-23(21,22)15-10-8-14(9-11-15)13-6-4-3-5-7-13/h3-12,16,18H,1-2H3,(H,19,20). The molecule has 1 unspecified atom stereocenters. The number of carbonyl (C=O) groups is 1. The van der Waals surface area contributed by atoms with Gasteiger partial charge in [-0.25, -0.2) is 8.42 Å². The summed E-state index contributed by atoms with van der Waals surface area (Å²) in [5.41, 5.74) is 1.87. The lowest BCUT2D eigenvalue weighted by atomic mass is 10.1. The lowest BCUT2D eigenvalue weighted by Crippen LogP contribution is -2.44.